The summed E-state index contributed by atoms with van der Waals surface area (Å²) >= 11 is 1.84. The first-order valence-electron chi connectivity index (χ1n) is 10.4. The number of imidazole rings is 1. The van der Waals surface area contributed by atoms with Crippen LogP contribution in [0.25, 0.3) is 5.65 Å². The van der Waals surface area contributed by atoms with Gasteiger partial charge in [0, 0.05) is 69.5 Å². The number of hydrogen-bond acceptors (Lipinski definition) is 4. The van der Waals surface area contributed by atoms with Crippen molar-refractivity contribution in [3.63, 3.8) is 0 Å². The minimum Gasteiger partial charge on any atom is -0.357 e. The van der Waals surface area contributed by atoms with Crippen molar-refractivity contribution in [3.8, 4) is 0 Å². The van der Waals surface area contributed by atoms with Gasteiger partial charge < -0.3 is 14.6 Å². The van der Waals surface area contributed by atoms with Crippen molar-refractivity contribution in [2.45, 2.75) is 26.8 Å². The zero-order chi connectivity index (χ0) is 20.1. The molecule has 0 aromatic carbocycles. The predicted octanol–water partition coefficient (Wildman–Crippen LogP) is 3.65. The molecule has 0 amide bonds. The number of fused-ring (bicyclic) bond motifs is 1. The van der Waals surface area contributed by atoms with E-state index in [4.69, 9.17) is 9.98 Å². The predicted molar refractivity (Wildman–Crippen MR) is 136 cm³/mol. The van der Waals surface area contributed by atoms with Crippen molar-refractivity contribution < 1.29 is 0 Å². The number of rotatable bonds is 6. The maximum Gasteiger partial charge on any atom is 0.194 e. The topological polar surface area (TPSA) is 48.2 Å². The molecule has 0 spiro atoms. The van der Waals surface area contributed by atoms with E-state index in [-0.39, 0.29) is 24.0 Å². The van der Waals surface area contributed by atoms with Gasteiger partial charge >= 0.3 is 0 Å². The third-order valence-corrected chi connectivity index (χ3v) is 6.18. The Labute approximate surface area is 200 Å². The molecule has 0 radical (unpaired) electrons. The lowest BCUT2D eigenvalue weighted by Gasteiger charge is -2.36. The fourth-order valence-electron chi connectivity index (χ4n) is 3.77. The molecule has 1 fully saturated rings. The molecule has 0 atom stereocenters. The van der Waals surface area contributed by atoms with E-state index in [1.807, 2.05) is 11.3 Å². The summed E-state index contributed by atoms with van der Waals surface area (Å²) in [7, 11) is 0. The van der Waals surface area contributed by atoms with E-state index in [0.717, 1.165) is 69.5 Å². The molecule has 0 aliphatic carbocycles. The zero-order valence-electron chi connectivity index (χ0n) is 17.8. The van der Waals surface area contributed by atoms with Crippen molar-refractivity contribution in [1.29, 1.82) is 0 Å². The minimum absolute atomic E-state index is 0. The van der Waals surface area contributed by atoms with Gasteiger partial charge in [0.25, 0.3) is 0 Å². The van der Waals surface area contributed by atoms with Gasteiger partial charge in [-0.05, 0) is 36.9 Å². The molecule has 8 heteroatoms. The van der Waals surface area contributed by atoms with E-state index in [0.29, 0.717) is 0 Å². The van der Waals surface area contributed by atoms with Crippen LogP contribution in [-0.4, -0.2) is 64.4 Å². The molecule has 4 rings (SSSR count). The van der Waals surface area contributed by atoms with Crippen LogP contribution in [0.5, 0.6) is 0 Å². The van der Waals surface area contributed by atoms with Gasteiger partial charge in [0.2, 0.25) is 0 Å². The average molecular weight is 539 g/mol. The first-order valence-corrected chi connectivity index (χ1v) is 11.3. The fourth-order valence-corrected chi connectivity index (χ4v) is 4.51. The number of thiophene rings is 1. The third-order valence-electron chi connectivity index (χ3n) is 5.32. The first kappa shape index (κ1) is 23.0. The maximum atomic E-state index is 4.89. The number of guanidine groups is 1. The molecule has 1 saturated heterocycles. The molecular weight excluding hydrogens is 507 g/mol. The number of aromatic nitrogens is 2. The molecule has 1 N–H and O–H groups in total. The summed E-state index contributed by atoms with van der Waals surface area (Å²) in [5, 5.41) is 5.63. The zero-order valence-corrected chi connectivity index (χ0v) is 20.9. The van der Waals surface area contributed by atoms with Crippen LogP contribution in [0.4, 0.5) is 0 Å². The molecule has 0 bridgehead atoms. The van der Waals surface area contributed by atoms with Gasteiger partial charge in [0.05, 0.1) is 5.69 Å². The largest absolute Gasteiger partial charge is 0.357 e. The molecule has 3 aromatic heterocycles. The molecule has 6 nitrogen and oxygen atoms in total. The molecular formula is C22H31IN6S. The summed E-state index contributed by atoms with van der Waals surface area (Å²) in [5.41, 5.74) is 3.34. The smallest absolute Gasteiger partial charge is 0.194 e. The van der Waals surface area contributed by atoms with Gasteiger partial charge in [-0.1, -0.05) is 12.1 Å². The summed E-state index contributed by atoms with van der Waals surface area (Å²) < 4.78 is 2.10. The van der Waals surface area contributed by atoms with E-state index in [1.165, 1.54) is 10.4 Å². The van der Waals surface area contributed by atoms with E-state index in [2.05, 4.69) is 75.4 Å². The Morgan fingerprint density at radius 3 is 2.73 bits per heavy atom. The van der Waals surface area contributed by atoms with Crippen LogP contribution < -0.4 is 5.32 Å². The van der Waals surface area contributed by atoms with E-state index < -0.39 is 0 Å². The first-order chi connectivity index (χ1) is 14.2. The standard InChI is InChI=1S/C22H30N6S.HI/c1-3-23-22(27-13-11-26(12-14-27)17-20-7-5-15-29-20)24-9-8-19-16-28-10-4-6-18(2)21(28)25-19;/h4-7,10,15-16H,3,8-9,11-14,17H2,1-2H3,(H,23,24);1H. The van der Waals surface area contributed by atoms with Crippen LogP contribution in [-0.2, 0) is 13.0 Å². The summed E-state index contributed by atoms with van der Waals surface area (Å²) in [6.45, 7) is 11.1. The highest BCUT2D eigenvalue weighted by Gasteiger charge is 2.19. The lowest BCUT2D eigenvalue weighted by atomic mass is 10.3. The van der Waals surface area contributed by atoms with Crippen LogP contribution in [0, 0.1) is 6.92 Å². The molecule has 0 unspecified atom stereocenters. The minimum atomic E-state index is 0. The molecule has 3 aromatic rings. The lowest BCUT2D eigenvalue weighted by Crippen LogP contribution is -2.52. The SMILES string of the molecule is CCNC(=NCCc1cn2cccc(C)c2n1)N1CCN(Cc2cccs2)CC1.I. The number of pyridine rings is 1. The van der Waals surface area contributed by atoms with Gasteiger partial charge in [-0.3, -0.25) is 9.89 Å². The number of aryl methyl sites for hydroxylation is 1. The lowest BCUT2D eigenvalue weighted by molar-refractivity contribution is 0.173. The second-order valence-electron chi connectivity index (χ2n) is 7.48. The second-order valence-corrected chi connectivity index (χ2v) is 8.51. The highest BCUT2D eigenvalue weighted by Crippen LogP contribution is 2.14. The Balaban J connectivity index is 0.00000256. The monoisotopic (exact) mass is 538 g/mol. The summed E-state index contributed by atoms with van der Waals surface area (Å²) in [6.07, 6.45) is 5.03. The van der Waals surface area contributed by atoms with Crippen molar-refractivity contribution in [2.75, 3.05) is 39.3 Å². The molecule has 1 aliphatic heterocycles. The van der Waals surface area contributed by atoms with E-state index in [1.54, 1.807) is 0 Å². The van der Waals surface area contributed by atoms with Gasteiger partial charge in [-0.15, -0.1) is 35.3 Å². The van der Waals surface area contributed by atoms with Gasteiger partial charge in [0.1, 0.15) is 5.65 Å². The number of halogens is 1. The summed E-state index contributed by atoms with van der Waals surface area (Å²) in [4.78, 5) is 16.0. The van der Waals surface area contributed by atoms with Crippen molar-refractivity contribution in [3.05, 3.63) is 58.2 Å². The van der Waals surface area contributed by atoms with Crippen molar-refractivity contribution in [2.24, 2.45) is 4.99 Å². The summed E-state index contributed by atoms with van der Waals surface area (Å²) in [6, 6.07) is 8.53. The number of piperazine rings is 1. The molecule has 30 heavy (non-hydrogen) atoms. The van der Waals surface area contributed by atoms with Crippen LogP contribution in [0.3, 0.4) is 0 Å². The van der Waals surface area contributed by atoms with Crippen LogP contribution in [0.2, 0.25) is 0 Å². The van der Waals surface area contributed by atoms with Gasteiger partial charge in [-0.2, -0.15) is 0 Å². The molecule has 4 heterocycles. The van der Waals surface area contributed by atoms with Gasteiger partial charge in [0.15, 0.2) is 5.96 Å². The highest BCUT2D eigenvalue weighted by molar-refractivity contribution is 14.0. The van der Waals surface area contributed by atoms with Gasteiger partial charge in [-0.25, -0.2) is 4.98 Å². The van der Waals surface area contributed by atoms with Crippen LogP contribution in [0.15, 0.2) is 47.0 Å². The fraction of sp³-hybridized carbons (Fsp3) is 0.455. The Morgan fingerprint density at radius 2 is 2.03 bits per heavy atom. The van der Waals surface area contributed by atoms with Crippen molar-refractivity contribution >= 4 is 46.9 Å². The second kappa shape index (κ2) is 11.1. The quantitative estimate of drug-likeness (QED) is 0.296. The van der Waals surface area contributed by atoms with Crippen LogP contribution in [0.1, 0.15) is 23.1 Å². The van der Waals surface area contributed by atoms with Crippen molar-refractivity contribution in [1.82, 2.24) is 24.5 Å². The summed E-state index contributed by atoms with van der Waals surface area (Å²) in [5.74, 6) is 1.03. The molecule has 1 aliphatic rings. The Bertz CT molecular complexity index is 944. The Morgan fingerprint density at radius 1 is 1.20 bits per heavy atom. The molecule has 162 valence electrons. The number of nitrogens with one attached hydrogen (secondary N) is 1. The average Bonchev–Trinajstić information content (AvgIpc) is 3.38. The number of hydrogen-bond donors (Lipinski definition) is 1. The van der Waals surface area contributed by atoms with E-state index >= 15 is 0 Å². The Hall–Kier alpha value is -1.65. The maximum absolute atomic E-state index is 4.89. The third kappa shape index (κ3) is 5.73. The van der Waals surface area contributed by atoms with Crippen LogP contribution >= 0.6 is 35.3 Å². The highest BCUT2D eigenvalue weighted by atomic mass is 127. The number of nitrogens with zero attached hydrogens (tertiary/aromatic N) is 5. The Kier molecular flexibility index (Phi) is 8.52. The van der Waals surface area contributed by atoms with E-state index in [9.17, 15) is 0 Å². The molecule has 0 saturated carbocycles. The number of aliphatic imine (C=N–C) groups is 1. The normalized spacial score (nSPS) is 15.4.